The van der Waals surface area contributed by atoms with Crippen LogP contribution < -0.4 is 4.90 Å². The van der Waals surface area contributed by atoms with Crippen molar-refractivity contribution in [2.24, 2.45) is 0 Å². The molecule has 1 aromatic carbocycles. The Morgan fingerprint density at radius 1 is 1.24 bits per heavy atom. The molecule has 0 unspecified atom stereocenters. The van der Waals surface area contributed by atoms with E-state index < -0.39 is 11.7 Å². The molecular formula is C17H18F3N5. The molecule has 0 spiro atoms. The number of benzene rings is 1. The van der Waals surface area contributed by atoms with Crippen molar-refractivity contribution in [1.29, 1.82) is 5.26 Å². The number of rotatable bonds is 3. The zero-order valence-corrected chi connectivity index (χ0v) is 13.8. The van der Waals surface area contributed by atoms with Crippen molar-refractivity contribution in [3.8, 4) is 11.8 Å². The van der Waals surface area contributed by atoms with E-state index in [1.807, 2.05) is 11.0 Å². The number of hydrogen-bond donors (Lipinski definition) is 0. The number of piperidine rings is 1. The Labute approximate surface area is 143 Å². The SMILES string of the molecule is CC[C@@H]1CCCCN1c1nn(-c2ccccc2C(F)(F)F)nc1C#N. The van der Waals surface area contributed by atoms with E-state index in [0.29, 0.717) is 5.82 Å². The van der Waals surface area contributed by atoms with Crippen LogP contribution in [0.4, 0.5) is 19.0 Å². The summed E-state index contributed by atoms with van der Waals surface area (Å²) in [5.41, 5.74) is -0.952. The van der Waals surface area contributed by atoms with Crippen LogP contribution in [0.15, 0.2) is 24.3 Å². The fourth-order valence-electron chi connectivity index (χ4n) is 3.26. The molecule has 0 N–H and O–H groups in total. The molecule has 2 heterocycles. The molecule has 1 aliphatic heterocycles. The number of anilines is 1. The summed E-state index contributed by atoms with van der Waals surface area (Å²) in [7, 11) is 0. The van der Waals surface area contributed by atoms with Gasteiger partial charge in [0, 0.05) is 12.6 Å². The molecule has 1 aliphatic rings. The number of nitriles is 1. The third kappa shape index (κ3) is 3.31. The number of para-hydroxylation sites is 1. The maximum Gasteiger partial charge on any atom is 0.418 e. The van der Waals surface area contributed by atoms with Crippen LogP contribution in [-0.4, -0.2) is 27.6 Å². The van der Waals surface area contributed by atoms with Gasteiger partial charge in [-0.25, -0.2) is 0 Å². The van der Waals surface area contributed by atoms with Gasteiger partial charge in [0.1, 0.15) is 6.07 Å². The van der Waals surface area contributed by atoms with E-state index in [1.165, 1.54) is 18.2 Å². The molecule has 0 saturated carbocycles. The normalized spacial score (nSPS) is 18.2. The Kier molecular flexibility index (Phi) is 4.66. The zero-order chi connectivity index (χ0) is 18.0. The summed E-state index contributed by atoms with van der Waals surface area (Å²) >= 11 is 0. The lowest BCUT2D eigenvalue weighted by Gasteiger charge is -2.35. The van der Waals surface area contributed by atoms with E-state index in [0.717, 1.165) is 43.1 Å². The van der Waals surface area contributed by atoms with Crippen molar-refractivity contribution in [3.05, 3.63) is 35.5 Å². The second-order valence-electron chi connectivity index (χ2n) is 6.04. The predicted molar refractivity (Wildman–Crippen MR) is 86.4 cm³/mol. The lowest BCUT2D eigenvalue weighted by atomic mass is 10.00. The smallest absolute Gasteiger partial charge is 0.350 e. The van der Waals surface area contributed by atoms with Gasteiger partial charge >= 0.3 is 6.18 Å². The fraction of sp³-hybridized carbons (Fsp3) is 0.471. The topological polar surface area (TPSA) is 57.7 Å². The zero-order valence-electron chi connectivity index (χ0n) is 13.8. The van der Waals surface area contributed by atoms with Crippen LogP contribution in [0, 0.1) is 11.3 Å². The molecule has 0 radical (unpaired) electrons. The molecule has 0 bridgehead atoms. The number of nitrogens with zero attached hydrogens (tertiary/aromatic N) is 5. The van der Waals surface area contributed by atoms with Crippen molar-refractivity contribution in [2.75, 3.05) is 11.4 Å². The predicted octanol–water partition coefficient (Wildman–Crippen LogP) is 3.93. The van der Waals surface area contributed by atoms with Crippen LogP contribution in [0.25, 0.3) is 5.69 Å². The summed E-state index contributed by atoms with van der Waals surface area (Å²) in [5, 5.41) is 17.7. The molecule has 3 rings (SSSR count). The minimum atomic E-state index is -4.52. The van der Waals surface area contributed by atoms with Gasteiger partial charge in [0.2, 0.25) is 5.69 Å². The Hall–Kier alpha value is -2.56. The van der Waals surface area contributed by atoms with Gasteiger partial charge in [0.05, 0.1) is 11.3 Å². The molecule has 1 fully saturated rings. The number of halogens is 3. The molecule has 0 amide bonds. The van der Waals surface area contributed by atoms with E-state index in [2.05, 4.69) is 17.1 Å². The van der Waals surface area contributed by atoms with Gasteiger partial charge in [-0.3, -0.25) is 0 Å². The van der Waals surface area contributed by atoms with Gasteiger partial charge in [0.25, 0.3) is 0 Å². The van der Waals surface area contributed by atoms with Gasteiger partial charge in [-0.05, 0) is 37.8 Å². The molecule has 2 aromatic rings. The number of aromatic nitrogens is 3. The molecule has 1 saturated heterocycles. The Morgan fingerprint density at radius 3 is 2.68 bits per heavy atom. The lowest BCUT2D eigenvalue weighted by molar-refractivity contribution is -0.137. The number of hydrogen-bond acceptors (Lipinski definition) is 4. The maximum absolute atomic E-state index is 13.3. The summed E-state index contributed by atoms with van der Waals surface area (Å²) in [5.74, 6) is 0.367. The molecule has 0 aliphatic carbocycles. The molecule has 1 atom stereocenters. The standard InChI is InChI=1S/C17H18F3N5/c1-2-12-7-5-6-10-24(12)16-14(11-21)22-25(23-16)15-9-4-3-8-13(15)17(18,19)20/h3-4,8-9,12H,2,5-7,10H2,1H3/t12-/m1/s1. The van der Waals surface area contributed by atoms with E-state index in [-0.39, 0.29) is 17.4 Å². The molecule has 8 heteroatoms. The lowest BCUT2D eigenvalue weighted by Crippen LogP contribution is -2.39. The summed E-state index contributed by atoms with van der Waals surface area (Å²) in [6, 6.07) is 7.30. The monoisotopic (exact) mass is 349 g/mol. The van der Waals surface area contributed by atoms with E-state index >= 15 is 0 Å². The van der Waals surface area contributed by atoms with Crippen LogP contribution in [-0.2, 0) is 6.18 Å². The fourth-order valence-corrected chi connectivity index (χ4v) is 3.26. The average molecular weight is 349 g/mol. The highest BCUT2D eigenvalue weighted by Crippen LogP contribution is 2.34. The third-order valence-electron chi connectivity index (χ3n) is 4.50. The first kappa shape index (κ1) is 17.3. The van der Waals surface area contributed by atoms with Crippen molar-refractivity contribution in [3.63, 3.8) is 0 Å². The highest BCUT2D eigenvalue weighted by Gasteiger charge is 2.35. The minimum Gasteiger partial charge on any atom is -0.350 e. The highest BCUT2D eigenvalue weighted by atomic mass is 19.4. The second-order valence-corrected chi connectivity index (χ2v) is 6.04. The van der Waals surface area contributed by atoms with Crippen LogP contribution >= 0.6 is 0 Å². The molecule has 1 aromatic heterocycles. The molecule has 132 valence electrons. The first-order chi connectivity index (χ1) is 12.0. The summed E-state index contributed by atoms with van der Waals surface area (Å²) in [6.45, 7) is 2.78. The molecular weight excluding hydrogens is 331 g/mol. The first-order valence-electron chi connectivity index (χ1n) is 8.26. The van der Waals surface area contributed by atoms with Crippen LogP contribution in [0.1, 0.15) is 43.9 Å². The summed E-state index contributed by atoms with van der Waals surface area (Å²) in [6.07, 6.45) is -0.589. The van der Waals surface area contributed by atoms with Gasteiger partial charge in [-0.2, -0.15) is 18.4 Å². The maximum atomic E-state index is 13.3. The van der Waals surface area contributed by atoms with Crippen LogP contribution in [0.5, 0.6) is 0 Å². The van der Waals surface area contributed by atoms with Gasteiger partial charge in [-0.1, -0.05) is 19.1 Å². The van der Waals surface area contributed by atoms with Gasteiger partial charge in [0.15, 0.2) is 5.82 Å². The van der Waals surface area contributed by atoms with Crippen molar-refractivity contribution < 1.29 is 13.2 Å². The van der Waals surface area contributed by atoms with Crippen molar-refractivity contribution in [1.82, 2.24) is 15.0 Å². The number of alkyl halides is 3. The molecule has 5 nitrogen and oxygen atoms in total. The largest absolute Gasteiger partial charge is 0.418 e. The van der Waals surface area contributed by atoms with E-state index in [9.17, 15) is 18.4 Å². The Morgan fingerprint density at radius 2 is 2.00 bits per heavy atom. The molecule has 25 heavy (non-hydrogen) atoms. The van der Waals surface area contributed by atoms with Gasteiger partial charge in [-0.15, -0.1) is 15.0 Å². The average Bonchev–Trinajstić information content (AvgIpc) is 3.05. The quantitative estimate of drug-likeness (QED) is 0.842. The summed E-state index contributed by atoms with van der Waals surface area (Å²) < 4.78 is 39.8. The Balaban J connectivity index is 2.07. The third-order valence-corrected chi connectivity index (χ3v) is 4.50. The summed E-state index contributed by atoms with van der Waals surface area (Å²) in [4.78, 5) is 2.93. The highest BCUT2D eigenvalue weighted by molar-refractivity contribution is 5.52. The first-order valence-corrected chi connectivity index (χ1v) is 8.26. The van der Waals surface area contributed by atoms with Gasteiger partial charge < -0.3 is 4.90 Å². The van der Waals surface area contributed by atoms with E-state index in [4.69, 9.17) is 0 Å². The van der Waals surface area contributed by atoms with E-state index in [1.54, 1.807) is 0 Å². The minimum absolute atomic E-state index is 0.0531. The Bertz CT molecular complexity index is 790. The van der Waals surface area contributed by atoms with Crippen LogP contribution in [0.2, 0.25) is 0 Å². The second kappa shape index (κ2) is 6.75. The van der Waals surface area contributed by atoms with Crippen LogP contribution in [0.3, 0.4) is 0 Å². The van der Waals surface area contributed by atoms with Crippen molar-refractivity contribution in [2.45, 2.75) is 44.8 Å². The van der Waals surface area contributed by atoms with Crippen molar-refractivity contribution >= 4 is 5.82 Å².